The average molecular weight is 538 g/mol. The first-order chi connectivity index (χ1) is 13.8. The third-order valence-corrected chi connectivity index (χ3v) is 6.00. The summed E-state index contributed by atoms with van der Waals surface area (Å²) >= 11 is 0. The van der Waals surface area contributed by atoms with E-state index < -0.39 is 5.60 Å². The fourth-order valence-electron chi connectivity index (χ4n) is 4.23. The van der Waals surface area contributed by atoms with Crippen LogP contribution in [0.3, 0.4) is 0 Å². The maximum atomic E-state index is 12.4. The summed E-state index contributed by atoms with van der Waals surface area (Å²) in [5.41, 5.74) is -0.445. The maximum Gasteiger partial charge on any atom is 0.410 e. The molecule has 0 saturated carbocycles. The molecule has 1 unspecified atom stereocenters. The quantitative estimate of drug-likeness (QED) is 0.320. The molecule has 8 heteroatoms. The van der Waals surface area contributed by atoms with Crippen molar-refractivity contribution in [1.29, 1.82) is 0 Å². The summed E-state index contributed by atoms with van der Waals surface area (Å²) < 4.78 is 5.55. The van der Waals surface area contributed by atoms with E-state index in [4.69, 9.17) is 4.74 Å². The topological polar surface area (TPSA) is 60.4 Å². The van der Waals surface area contributed by atoms with Gasteiger partial charge in [0.2, 0.25) is 0 Å². The van der Waals surface area contributed by atoms with Crippen LogP contribution < -0.4 is 5.32 Å². The van der Waals surface area contributed by atoms with Crippen LogP contribution in [0.5, 0.6) is 0 Å². The number of hydrogen-bond acceptors (Lipinski definition) is 4. The molecule has 1 atom stereocenters. The number of aliphatic imine (C=N–C) groups is 1. The molecule has 2 saturated heterocycles. The lowest BCUT2D eigenvalue weighted by atomic mass is 9.96. The Morgan fingerprint density at radius 2 is 1.77 bits per heavy atom. The summed E-state index contributed by atoms with van der Waals surface area (Å²) in [6.45, 7) is 18.0. The number of hydrogen-bond donors (Lipinski definition) is 1. The van der Waals surface area contributed by atoms with E-state index in [2.05, 4.69) is 27.0 Å². The van der Waals surface area contributed by atoms with Crippen LogP contribution in [0.15, 0.2) is 4.99 Å². The normalized spacial score (nSPS) is 21.3. The highest BCUT2D eigenvalue weighted by molar-refractivity contribution is 14.0. The SMILES string of the molecule is CCN1CCC(CNC(=NC)N2CCC(CN(CC)C(=O)OC(C)(C)C)CC2)C1.I. The van der Waals surface area contributed by atoms with Gasteiger partial charge in [-0.3, -0.25) is 4.99 Å². The molecule has 2 rings (SSSR count). The minimum atomic E-state index is -0.445. The Labute approximate surface area is 201 Å². The summed E-state index contributed by atoms with van der Waals surface area (Å²) in [7, 11) is 1.88. The zero-order chi connectivity index (χ0) is 21.4. The van der Waals surface area contributed by atoms with Crippen LogP contribution in [0, 0.1) is 11.8 Å². The Balaban J connectivity index is 0.00000450. The van der Waals surface area contributed by atoms with Gasteiger partial charge in [-0.1, -0.05) is 6.92 Å². The van der Waals surface area contributed by atoms with E-state index >= 15 is 0 Å². The molecule has 0 aromatic rings. The molecule has 2 aliphatic rings. The Bertz CT molecular complexity index is 544. The first kappa shape index (κ1) is 27.3. The smallest absolute Gasteiger partial charge is 0.410 e. The van der Waals surface area contributed by atoms with E-state index in [0.717, 1.165) is 57.4 Å². The Morgan fingerprint density at radius 3 is 2.27 bits per heavy atom. The summed E-state index contributed by atoms with van der Waals surface area (Å²) in [6, 6.07) is 0. The van der Waals surface area contributed by atoms with Gasteiger partial charge >= 0.3 is 6.09 Å². The van der Waals surface area contributed by atoms with Crippen LogP contribution in [0.25, 0.3) is 0 Å². The van der Waals surface area contributed by atoms with Crippen molar-refractivity contribution in [2.45, 2.75) is 59.5 Å². The number of amides is 1. The van der Waals surface area contributed by atoms with Crippen molar-refractivity contribution in [3.05, 3.63) is 0 Å². The van der Waals surface area contributed by atoms with Gasteiger partial charge in [0.1, 0.15) is 5.60 Å². The second-order valence-corrected chi connectivity index (χ2v) is 9.43. The fourth-order valence-corrected chi connectivity index (χ4v) is 4.23. The van der Waals surface area contributed by atoms with Crippen molar-refractivity contribution in [1.82, 2.24) is 20.0 Å². The average Bonchev–Trinajstić information content (AvgIpc) is 3.14. The molecule has 0 radical (unpaired) electrons. The lowest BCUT2D eigenvalue weighted by Gasteiger charge is -2.36. The van der Waals surface area contributed by atoms with E-state index in [0.29, 0.717) is 12.5 Å². The molecule has 30 heavy (non-hydrogen) atoms. The minimum Gasteiger partial charge on any atom is -0.444 e. The highest BCUT2D eigenvalue weighted by Crippen LogP contribution is 2.20. The molecule has 0 aliphatic carbocycles. The van der Waals surface area contributed by atoms with Crippen LogP contribution in [0.2, 0.25) is 0 Å². The van der Waals surface area contributed by atoms with Gasteiger partial charge in [0, 0.05) is 46.3 Å². The molecular formula is C22H44IN5O2. The van der Waals surface area contributed by atoms with Gasteiger partial charge in [-0.2, -0.15) is 0 Å². The molecule has 0 bridgehead atoms. The zero-order valence-corrected chi connectivity index (χ0v) is 22.3. The summed E-state index contributed by atoms with van der Waals surface area (Å²) in [4.78, 5) is 23.6. The third kappa shape index (κ3) is 8.77. The molecule has 176 valence electrons. The predicted molar refractivity (Wildman–Crippen MR) is 135 cm³/mol. The van der Waals surface area contributed by atoms with Crippen molar-refractivity contribution in [3.8, 4) is 0 Å². The zero-order valence-electron chi connectivity index (χ0n) is 19.9. The Morgan fingerprint density at radius 1 is 1.13 bits per heavy atom. The second kappa shape index (κ2) is 12.9. The van der Waals surface area contributed by atoms with Crippen molar-refractivity contribution in [2.75, 3.05) is 59.4 Å². The summed E-state index contributed by atoms with van der Waals surface area (Å²) in [6.07, 6.45) is 3.23. The maximum absolute atomic E-state index is 12.4. The lowest BCUT2D eigenvalue weighted by molar-refractivity contribution is 0.0214. The van der Waals surface area contributed by atoms with E-state index in [9.17, 15) is 4.79 Å². The third-order valence-electron chi connectivity index (χ3n) is 6.00. The van der Waals surface area contributed by atoms with E-state index in [1.165, 1.54) is 19.5 Å². The molecule has 2 fully saturated rings. The Kier molecular flexibility index (Phi) is 11.8. The van der Waals surface area contributed by atoms with Gasteiger partial charge in [0.05, 0.1) is 0 Å². The van der Waals surface area contributed by atoms with Gasteiger partial charge in [-0.05, 0) is 71.9 Å². The molecule has 1 N–H and O–H groups in total. The fraction of sp³-hybridized carbons (Fsp3) is 0.909. The molecule has 1 amide bonds. The van der Waals surface area contributed by atoms with Gasteiger partial charge in [-0.25, -0.2) is 4.79 Å². The molecule has 0 aromatic carbocycles. The molecule has 2 heterocycles. The van der Waals surface area contributed by atoms with E-state index in [1.807, 2.05) is 39.6 Å². The van der Waals surface area contributed by atoms with Crippen LogP contribution in [-0.4, -0.2) is 91.8 Å². The number of nitrogens with one attached hydrogen (secondary N) is 1. The van der Waals surface area contributed by atoms with E-state index in [-0.39, 0.29) is 30.1 Å². The van der Waals surface area contributed by atoms with Crippen LogP contribution in [0.4, 0.5) is 4.79 Å². The highest BCUT2D eigenvalue weighted by Gasteiger charge is 2.28. The predicted octanol–water partition coefficient (Wildman–Crippen LogP) is 3.49. The number of rotatable bonds is 6. The van der Waals surface area contributed by atoms with Crippen LogP contribution in [0.1, 0.15) is 53.9 Å². The standard InChI is InChI=1S/C22H43N5O2.HI/c1-7-25-12-9-19(16-25)15-24-20(23-6)27-13-10-18(11-14-27)17-26(8-2)21(28)29-22(3,4)5;/h18-19H,7-17H2,1-6H3,(H,23,24);1H. The summed E-state index contributed by atoms with van der Waals surface area (Å²) in [5, 5.41) is 3.60. The monoisotopic (exact) mass is 537 g/mol. The number of nitrogens with zero attached hydrogens (tertiary/aromatic N) is 4. The van der Waals surface area contributed by atoms with Crippen molar-refractivity contribution >= 4 is 36.0 Å². The first-order valence-corrected chi connectivity index (χ1v) is 11.4. The minimum absolute atomic E-state index is 0. The molecule has 2 aliphatic heterocycles. The second-order valence-electron chi connectivity index (χ2n) is 9.43. The van der Waals surface area contributed by atoms with Crippen LogP contribution in [-0.2, 0) is 4.74 Å². The van der Waals surface area contributed by atoms with E-state index in [1.54, 1.807) is 0 Å². The molecule has 0 aromatic heterocycles. The first-order valence-electron chi connectivity index (χ1n) is 11.4. The lowest BCUT2D eigenvalue weighted by Crippen LogP contribution is -2.48. The number of piperidine rings is 1. The number of carbonyl (C=O) groups excluding carboxylic acids is 1. The van der Waals surface area contributed by atoms with Crippen molar-refractivity contribution < 1.29 is 9.53 Å². The molecule has 0 spiro atoms. The van der Waals surface area contributed by atoms with Gasteiger partial charge in [0.25, 0.3) is 0 Å². The van der Waals surface area contributed by atoms with Crippen molar-refractivity contribution in [2.24, 2.45) is 16.8 Å². The van der Waals surface area contributed by atoms with Crippen LogP contribution >= 0.6 is 24.0 Å². The van der Waals surface area contributed by atoms with Gasteiger partial charge in [0.15, 0.2) is 5.96 Å². The number of likely N-dealkylation sites (tertiary alicyclic amines) is 2. The largest absolute Gasteiger partial charge is 0.444 e. The summed E-state index contributed by atoms with van der Waals surface area (Å²) in [5.74, 6) is 2.26. The van der Waals surface area contributed by atoms with Gasteiger partial charge < -0.3 is 24.8 Å². The number of guanidine groups is 1. The Hall–Kier alpha value is -0.770. The highest BCUT2D eigenvalue weighted by atomic mass is 127. The molecule has 7 nitrogen and oxygen atoms in total. The number of ether oxygens (including phenoxy) is 1. The number of halogens is 1. The van der Waals surface area contributed by atoms with Gasteiger partial charge in [-0.15, -0.1) is 24.0 Å². The number of carbonyl (C=O) groups is 1. The van der Waals surface area contributed by atoms with Crippen molar-refractivity contribution in [3.63, 3.8) is 0 Å². The molecular weight excluding hydrogens is 493 g/mol.